The zero-order chi connectivity index (χ0) is 20.1. The summed E-state index contributed by atoms with van der Waals surface area (Å²) in [7, 11) is 0. The molecule has 0 bridgehead atoms. The van der Waals surface area contributed by atoms with Gasteiger partial charge in [0.1, 0.15) is 10.7 Å². The first-order chi connectivity index (χ1) is 13.5. The number of thioether (sulfide) groups is 1. The standard InChI is InChI=1S/C22H26FN3OS/c1-15(27)26-22(28-21(25)17-8-5-10-19(23)14-17)18(12-13-24)9-4-7-16-6-2-3-11-20(16)22/h2-3,5-6,8,10-11,14,18,25H,4,7,9,12-13,24H2,1H3,(H,26,27)/t18-,22+/m1/s1. The number of aryl methyl sites for hydroxylation is 1. The number of nitrogens with one attached hydrogen (secondary N) is 2. The van der Waals surface area contributed by atoms with E-state index >= 15 is 0 Å². The van der Waals surface area contributed by atoms with Crippen LogP contribution in [-0.2, 0) is 16.1 Å². The van der Waals surface area contributed by atoms with Crippen molar-refractivity contribution in [3.63, 3.8) is 0 Å². The lowest BCUT2D eigenvalue weighted by molar-refractivity contribution is -0.120. The maximum absolute atomic E-state index is 13.7. The quantitative estimate of drug-likeness (QED) is 0.305. The van der Waals surface area contributed by atoms with Gasteiger partial charge in [0.15, 0.2) is 0 Å². The third-order valence-electron chi connectivity index (χ3n) is 5.22. The third kappa shape index (κ3) is 4.28. The fourth-order valence-corrected chi connectivity index (χ4v) is 5.53. The van der Waals surface area contributed by atoms with Crippen LogP contribution in [0.4, 0.5) is 4.39 Å². The van der Waals surface area contributed by atoms with Crippen molar-refractivity contribution in [1.82, 2.24) is 5.32 Å². The van der Waals surface area contributed by atoms with Gasteiger partial charge in [-0.05, 0) is 61.4 Å². The molecule has 0 saturated heterocycles. The Morgan fingerprint density at radius 1 is 1.32 bits per heavy atom. The van der Waals surface area contributed by atoms with E-state index in [1.807, 2.05) is 18.2 Å². The van der Waals surface area contributed by atoms with Gasteiger partial charge in [-0.25, -0.2) is 4.39 Å². The van der Waals surface area contributed by atoms with E-state index in [1.54, 1.807) is 12.1 Å². The minimum atomic E-state index is -0.804. The lowest BCUT2D eigenvalue weighted by Crippen LogP contribution is -2.49. The monoisotopic (exact) mass is 399 g/mol. The molecule has 0 spiro atoms. The summed E-state index contributed by atoms with van der Waals surface area (Å²) >= 11 is 1.29. The van der Waals surface area contributed by atoms with Gasteiger partial charge in [0.05, 0.1) is 5.04 Å². The molecule has 0 unspecified atom stereocenters. The lowest BCUT2D eigenvalue weighted by atomic mass is 9.87. The largest absolute Gasteiger partial charge is 0.337 e. The van der Waals surface area contributed by atoms with Gasteiger partial charge in [0.2, 0.25) is 5.91 Å². The second kappa shape index (κ2) is 8.88. The van der Waals surface area contributed by atoms with Gasteiger partial charge >= 0.3 is 0 Å². The molecule has 6 heteroatoms. The average molecular weight is 400 g/mol. The van der Waals surface area contributed by atoms with E-state index in [-0.39, 0.29) is 22.7 Å². The molecule has 2 aromatic carbocycles. The summed E-state index contributed by atoms with van der Waals surface area (Å²) in [6.45, 7) is 2.00. The van der Waals surface area contributed by atoms with Crippen molar-refractivity contribution in [1.29, 1.82) is 5.41 Å². The van der Waals surface area contributed by atoms with E-state index in [0.717, 1.165) is 31.2 Å². The molecule has 3 rings (SSSR count). The SMILES string of the molecule is CC(=O)N[C@@]1(SC(=N)c2cccc(F)c2)c2ccccc2CCC[C@@H]1CCN. The number of carbonyl (C=O) groups excluding carboxylic acids is 1. The molecule has 0 fully saturated rings. The molecule has 0 radical (unpaired) electrons. The van der Waals surface area contributed by atoms with Crippen LogP contribution in [-0.4, -0.2) is 17.5 Å². The zero-order valence-corrected chi connectivity index (χ0v) is 16.8. The molecule has 0 heterocycles. The van der Waals surface area contributed by atoms with Gasteiger partial charge in [-0.1, -0.05) is 48.2 Å². The molecule has 0 aliphatic heterocycles. The van der Waals surface area contributed by atoms with Crippen LogP contribution in [0.3, 0.4) is 0 Å². The van der Waals surface area contributed by atoms with E-state index in [4.69, 9.17) is 11.1 Å². The Balaban J connectivity index is 2.12. The molecule has 4 N–H and O–H groups in total. The fourth-order valence-electron chi connectivity index (χ4n) is 4.06. The Kier molecular flexibility index (Phi) is 6.52. The van der Waals surface area contributed by atoms with Crippen LogP contribution in [0.1, 0.15) is 42.9 Å². The summed E-state index contributed by atoms with van der Waals surface area (Å²) < 4.78 is 13.7. The second-order valence-corrected chi connectivity index (χ2v) is 8.44. The Morgan fingerprint density at radius 3 is 2.82 bits per heavy atom. The maximum atomic E-state index is 13.7. The van der Waals surface area contributed by atoms with Crippen molar-refractivity contribution in [3.05, 3.63) is 71.0 Å². The van der Waals surface area contributed by atoms with Gasteiger partial charge in [-0.15, -0.1) is 0 Å². The predicted octanol–water partition coefficient (Wildman–Crippen LogP) is 4.17. The third-order valence-corrected chi connectivity index (χ3v) is 6.63. The Labute approximate surface area is 169 Å². The fraction of sp³-hybridized carbons (Fsp3) is 0.364. The van der Waals surface area contributed by atoms with Crippen LogP contribution >= 0.6 is 11.8 Å². The summed E-state index contributed by atoms with van der Waals surface area (Å²) in [6.07, 6.45) is 3.55. The minimum Gasteiger partial charge on any atom is -0.337 e. The molecule has 0 saturated carbocycles. The first-order valence-corrected chi connectivity index (χ1v) is 10.4. The number of fused-ring (bicyclic) bond motifs is 1. The van der Waals surface area contributed by atoms with Crippen LogP contribution in [0.25, 0.3) is 0 Å². The van der Waals surface area contributed by atoms with Crippen LogP contribution < -0.4 is 11.1 Å². The summed E-state index contributed by atoms with van der Waals surface area (Å²) in [5, 5.41) is 12.1. The van der Waals surface area contributed by atoms with E-state index in [2.05, 4.69) is 11.4 Å². The number of nitrogens with two attached hydrogens (primary N) is 1. The van der Waals surface area contributed by atoms with Gasteiger partial charge < -0.3 is 11.1 Å². The van der Waals surface area contributed by atoms with E-state index < -0.39 is 4.87 Å². The van der Waals surface area contributed by atoms with Crippen LogP contribution in [0.2, 0.25) is 0 Å². The van der Waals surface area contributed by atoms with Gasteiger partial charge in [0.25, 0.3) is 0 Å². The summed E-state index contributed by atoms with van der Waals surface area (Å²) in [5.41, 5.74) is 8.62. The zero-order valence-electron chi connectivity index (χ0n) is 16.0. The maximum Gasteiger partial charge on any atom is 0.218 e. The first kappa shape index (κ1) is 20.6. The lowest BCUT2D eigenvalue weighted by Gasteiger charge is -2.41. The van der Waals surface area contributed by atoms with E-state index in [1.165, 1.54) is 36.4 Å². The molecule has 0 aromatic heterocycles. The summed E-state index contributed by atoms with van der Waals surface area (Å²) in [6, 6.07) is 14.1. The summed E-state index contributed by atoms with van der Waals surface area (Å²) in [5.74, 6) is -0.460. The summed E-state index contributed by atoms with van der Waals surface area (Å²) in [4.78, 5) is 11.5. The number of hydrogen-bond acceptors (Lipinski definition) is 4. The molecule has 4 nitrogen and oxygen atoms in total. The number of hydrogen-bond donors (Lipinski definition) is 3. The Bertz CT molecular complexity index is 872. The van der Waals surface area contributed by atoms with Crippen molar-refractivity contribution >= 4 is 22.7 Å². The van der Waals surface area contributed by atoms with Gasteiger partial charge in [0, 0.05) is 12.5 Å². The van der Waals surface area contributed by atoms with E-state index in [9.17, 15) is 9.18 Å². The highest BCUT2D eigenvalue weighted by molar-refractivity contribution is 8.15. The number of halogens is 1. The number of benzene rings is 2. The molecule has 1 amide bonds. The van der Waals surface area contributed by atoms with Crippen molar-refractivity contribution in [2.75, 3.05) is 6.54 Å². The highest BCUT2D eigenvalue weighted by atomic mass is 32.2. The smallest absolute Gasteiger partial charge is 0.218 e. The molecule has 2 aromatic rings. The van der Waals surface area contributed by atoms with Crippen LogP contribution in [0.5, 0.6) is 0 Å². The normalized spacial score (nSPS) is 21.5. The average Bonchev–Trinajstić information content (AvgIpc) is 2.80. The molecular weight excluding hydrogens is 373 g/mol. The Hall–Kier alpha value is -2.18. The number of amides is 1. The number of carbonyl (C=O) groups is 1. The topological polar surface area (TPSA) is 79.0 Å². The predicted molar refractivity (Wildman–Crippen MR) is 113 cm³/mol. The Morgan fingerprint density at radius 2 is 2.11 bits per heavy atom. The highest BCUT2D eigenvalue weighted by Crippen LogP contribution is 2.48. The second-order valence-electron chi connectivity index (χ2n) is 7.18. The molecule has 2 atom stereocenters. The highest BCUT2D eigenvalue weighted by Gasteiger charge is 2.45. The van der Waals surface area contributed by atoms with Gasteiger partial charge in [-0.3, -0.25) is 10.2 Å². The number of rotatable bonds is 5. The molecule has 1 aliphatic rings. The molecule has 28 heavy (non-hydrogen) atoms. The van der Waals surface area contributed by atoms with Crippen LogP contribution in [0.15, 0.2) is 48.5 Å². The minimum absolute atomic E-state index is 0.0731. The van der Waals surface area contributed by atoms with Crippen LogP contribution in [0, 0.1) is 17.1 Å². The van der Waals surface area contributed by atoms with Crippen molar-refractivity contribution in [2.45, 2.75) is 37.5 Å². The molecule has 1 aliphatic carbocycles. The van der Waals surface area contributed by atoms with Crippen molar-refractivity contribution in [2.24, 2.45) is 11.7 Å². The van der Waals surface area contributed by atoms with E-state index in [0.29, 0.717) is 12.1 Å². The van der Waals surface area contributed by atoms with Gasteiger partial charge in [-0.2, -0.15) is 0 Å². The van der Waals surface area contributed by atoms with Crippen molar-refractivity contribution < 1.29 is 9.18 Å². The first-order valence-electron chi connectivity index (χ1n) is 9.57. The molecular formula is C22H26FN3OS. The van der Waals surface area contributed by atoms with Crippen molar-refractivity contribution in [3.8, 4) is 0 Å². The molecule has 148 valence electrons.